The van der Waals surface area contributed by atoms with Crippen molar-refractivity contribution in [2.75, 3.05) is 51.3 Å². The van der Waals surface area contributed by atoms with Crippen LogP contribution < -0.4 is 30.1 Å². The van der Waals surface area contributed by atoms with Crippen LogP contribution in [-0.4, -0.2) is 67.8 Å². The van der Waals surface area contributed by atoms with Crippen LogP contribution in [0.3, 0.4) is 0 Å². The Morgan fingerprint density at radius 2 is 2.14 bits per heavy atom. The molecule has 1 aromatic heterocycles. The van der Waals surface area contributed by atoms with Gasteiger partial charge in [0.1, 0.15) is 27.6 Å². The molecule has 0 saturated carbocycles. The number of aromatic nitrogens is 1. The standard InChI is InChI=1S/C23H27F2N5O4S/c1-2-30-22(32)19(35-23(30)18(13-26)21(31)28-15-20(24)25)14-27-16-4-3-5-17(12-16)34-11-8-29-6-9-33-10-7-29/h3-5,12,14,20,27H,2,6-11,15H2,1H3,(H,28,31). The van der Waals surface area contributed by atoms with E-state index in [-0.39, 0.29) is 21.3 Å². The largest absolute Gasteiger partial charge is 0.492 e. The van der Waals surface area contributed by atoms with Crippen LogP contribution in [0.5, 0.6) is 5.75 Å². The van der Waals surface area contributed by atoms with Gasteiger partial charge in [-0.15, -0.1) is 11.3 Å². The van der Waals surface area contributed by atoms with Crippen molar-refractivity contribution in [1.29, 1.82) is 5.26 Å². The number of carbonyl (C=O) groups is 1. The Balaban J connectivity index is 1.76. The average Bonchev–Trinajstić information content (AvgIpc) is 3.17. The maximum Gasteiger partial charge on any atom is 0.270 e. The third kappa shape index (κ3) is 7.35. The zero-order chi connectivity index (χ0) is 25.2. The van der Waals surface area contributed by atoms with Gasteiger partial charge in [-0.05, 0) is 19.1 Å². The Morgan fingerprint density at radius 3 is 2.83 bits per heavy atom. The minimum Gasteiger partial charge on any atom is -0.492 e. The van der Waals surface area contributed by atoms with Crippen LogP contribution in [0.2, 0.25) is 0 Å². The van der Waals surface area contributed by atoms with Crippen LogP contribution >= 0.6 is 11.3 Å². The number of nitrogens with one attached hydrogen (secondary N) is 2. The highest BCUT2D eigenvalue weighted by Gasteiger charge is 2.16. The number of thiazole rings is 1. The molecule has 9 nitrogen and oxygen atoms in total. The molecular weight excluding hydrogens is 480 g/mol. The van der Waals surface area contributed by atoms with Crippen molar-refractivity contribution < 1.29 is 23.0 Å². The van der Waals surface area contributed by atoms with Crippen molar-refractivity contribution in [2.45, 2.75) is 19.9 Å². The summed E-state index contributed by atoms with van der Waals surface area (Å²) in [5.41, 5.74) is -0.0947. The van der Waals surface area contributed by atoms with Crippen molar-refractivity contribution in [3.63, 3.8) is 0 Å². The molecule has 0 radical (unpaired) electrons. The first-order chi connectivity index (χ1) is 16.9. The lowest BCUT2D eigenvalue weighted by atomic mass is 10.3. The number of halogens is 2. The minimum atomic E-state index is -2.75. The number of nitriles is 1. The van der Waals surface area contributed by atoms with Crippen molar-refractivity contribution in [3.8, 4) is 11.8 Å². The second-order valence-electron chi connectivity index (χ2n) is 7.53. The van der Waals surface area contributed by atoms with Gasteiger partial charge in [0.05, 0.1) is 19.8 Å². The molecule has 1 aliphatic rings. The molecule has 12 heteroatoms. The summed E-state index contributed by atoms with van der Waals surface area (Å²) in [6.07, 6.45) is -1.26. The van der Waals surface area contributed by atoms with Gasteiger partial charge in [0.25, 0.3) is 17.9 Å². The average molecular weight is 508 g/mol. The molecule has 0 atom stereocenters. The van der Waals surface area contributed by atoms with Crippen LogP contribution in [0.25, 0.3) is 11.8 Å². The molecule has 1 aliphatic heterocycles. The van der Waals surface area contributed by atoms with Gasteiger partial charge in [-0.1, -0.05) is 6.07 Å². The quantitative estimate of drug-likeness (QED) is 0.484. The highest BCUT2D eigenvalue weighted by molar-refractivity contribution is 7.07. The number of rotatable bonds is 10. The minimum absolute atomic E-state index is 0.111. The van der Waals surface area contributed by atoms with E-state index in [2.05, 4.69) is 10.2 Å². The highest BCUT2D eigenvalue weighted by atomic mass is 32.1. The molecule has 0 spiro atoms. The van der Waals surface area contributed by atoms with E-state index in [0.29, 0.717) is 18.0 Å². The summed E-state index contributed by atoms with van der Waals surface area (Å²) in [4.78, 5) is 27.3. The third-order valence-electron chi connectivity index (χ3n) is 5.18. The number of nitrogens with zero attached hydrogens (tertiary/aromatic N) is 3. The maximum absolute atomic E-state index is 12.8. The van der Waals surface area contributed by atoms with Gasteiger partial charge in [-0.25, -0.2) is 8.78 Å². The van der Waals surface area contributed by atoms with Crippen molar-refractivity contribution >= 4 is 34.7 Å². The first-order valence-corrected chi connectivity index (χ1v) is 11.9. The molecule has 188 valence electrons. The number of morpholine rings is 1. The summed E-state index contributed by atoms with van der Waals surface area (Å²) in [6, 6.07) is 8.99. The Labute approximate surface area is 204 Å². The number of alkyl halides is 2. The summed E-state index contributed by atoms with van der Waals surface area (Å²) in [5, 5.41) is 14.5. The van der Waals surface area contributed by atoms with E-state index in [9.17, 15) is 23.6 Å². The van der Waals surface area contributed by atoms with E-state index in [1.54, 1.807) is 19.1 Å². The molecule has 2 N–H and O–H groups in total. The maximum atomic E-state index is 12.8. The number of carbonyl (C=O) groups excluding carboxylic acids is 1. The van der Waals surface area contributed by atoms with E-state index in [1.165, 1.54) is 10.8 Å². The fraction of sp³-hybridized carbons (Fsp3) is 0.435. The second kappa shape index (κ2) is 13.0. The molecule has 1 fully saturated rings. The summed E-state index contributed by atoms with van der Waals surface area (Å²) in [7, 11) is 0. The van der Waals surface area contributed by atoms with Crippen molar-refractivity contribution in [3.05, 3.63) is 43.8 Å². The summed E-state index contributed by atoms with van der Waals surface area (Å²) in [5.74, 6) is -0.275. The van der Waals surface area contributed by atoms with Gasteiger partial charge in [0, 0.05) is 44.1 Å². The molecular formula is C23H27F2N5O4S. The zero-order valence-electron chi connectivity index (χ0n) is 19.3. The Kier molecular flexibility index (Phi) is 9.77. The summed E-state index contributed by atoms with van der Waals surface area (Å²) >= 11 is 0.937. The fourth-order valence-electron chi connectivity index (χ4n) is 3.39. The van der Waals surface area contributed by atoms with E-state index >= 15 is 0 Å². The fourth-order valence-corrected chi connectivity index (χ4v) is 4.47. The second-order valence-corrected chi connectivity index (χ2v) is 8.56. The van der Waals surface area contributed by atoms with Gasteiger partial charge in [-0.2, -0.15) is 5.26 Å². The lowest BCUT2D eigenvalue weighted by molar-refractivity contribution is -0.116. The van der Waals surface area contributed by atoms with Gasteiger partial charge in [0.15, 0.2) is 5.57 Å². The van der Waals surface area contributed by atoms with Gasteiger partial charge in [-0.3, -0.25) is 19.1 Å². The number of benzene rings is 1. The molecule has 1 aromatic carbocycles. The number of hydrogen-bond acceptors (Lipinski definition) is 8. The number of amides is 1. The number of anilines is 1. The van der Waals surface area contributed by atoms with Crippen LogP contribution in [0.4, 0.5) is 14.5 Å². The van der Waals surface area contributed by atoms with E-state index in [1.807, 2.05) is 23.5 Å². The molecule has 2 heterocycles. The highest BCUT2D eigenvalue weighted by Crippen LogP contribution is 2.17. The number of hydrogen-bond donors (Lipinski definition) is 2. The smallest absolute Gasteiger partial charge is 0.270 e. The molecule has 35 heavy (non-hydrogen) atoms. The van der Waals surface area contributed by atoms with Gasteiger partial charge >= 0.3 is 0 Å². The van der Waals surface area contributed by atoms with Crippen LogP contribution in [0.1, 0.15) is 6.92 Å². The van der Waals surface area contributed by atoms with E-state index < -0.39 is 24.4 Å². The van der Waals surface area contributed by atoms with Gasteiger partial charge in [0.2, 0.25) is 0 Å². The van der Waals surface area contributed by atoms with E-state index in [4.69, 9.17) is 9.47 Å². The molecule has 2 aromatic rings. The first kappa shape index (κ1) is 26.3. The topological polar surface area (TPSA) is 109 Å². The lowest BCUT2D eigenvalue weighted by Gasteiger charge is -2.26. The van der Waals surface area contributed by atoms with Gasteiger partial charge < -0.3 is 20.1 Å². The molecule has 1 saturated heterocycles. The number of ether oxygens (including phenoxy) is 2. The lowest BCUT2D eigenvalue weighted by Crippen LogP contribution is -2.38. The zero-order valence-corrected chi connectivity index (χ0v) is 20.1. The van der Waals surface area contributed by atoms with Crippen molar-refractivity contribution in [1.82, 2.24) is 14.8 Å². The Hall–Kier alpha value is -3.27. The monoisotopic (exact) mass is 507 g/mol. The molecule has 1 amide bonds. The normalized spacial score (nSPS) is 15.6. The molecule has 0 bridgehead atoms. The predicted molar refractivity (Wildman–Crippen MR) is 129 cm³/mol. The third-order valence-corrected chi connectivity index (χ3v) is 6.31. The predicted octanol–water partition coefficient (Wildman–Crippen LogP) is 0.546. The van der Waals surface area contributed by atoms with Crippen LogP contribution in [0.15, 0.2) is 29.1 Å². The first-order valence-electron chi connectivity index (χ1n) is 11.1. The van der Waals surface area contributed by atoms with Crippen LogP contribution in [-0.2, 0) is 16.1 Å². The summed E-state index contributed by atoms with van der Waals surface area (Å²) < 4.78 is 37.7. The SMILES string of the molecule is CCn1c(=C(C#N)C(=O)NCC(F)F)sc(=CNc2cccc(OCCN3CCOCC3)c2)c1=O. The Bertz CT molecular complexity index is 1230. The molecule has 0 unspecified atom stereocenters. The summed E-state index contributed by atoms with van der Waals surface area (Å²) in [6.45, 7) is 5.58. The Morgan fingerprint density at radius 1 is 1.37 bits per heavy atom. The molecule has 3 rings (SSSR count). The van der Waals surface area contributed by atoms with E-state index in [0.717, 1.165) is 44.2 Å². The van der Waals surface area contributed by atoms with Crippen molar-refractivity contribution in [2.24, 2.45) is 0 Å². The molecule has 0 aliphatic carbocycles. The van der Waals surface area contributed by atoms with Crippen LogP contribution in [0, 0.1) is 11.3 Å².